The first-order valence-corrected chi connectivity index (χ1v) is 5.27. The van der Waals surface area contributed by atoms with Crippen LogP contribution in [0.15, 0.2) is 18.2 Å². The van der Waals surface area contributed by atoms with Gasteiger partial charge in [0.05, 0.1) is 6.10 Å². The van der Waals surface area contributed by atoms with E-state index in [0.717, 1.165) is 5.56 Å². The van der Waals surface area contributed by atoms with Crippen molar-refractivity contribution in [1.29, 1.82) is 0 Å². The van der Waals surface area contributed by atoms with Crippen molar-refractivity contribution in [3.63, 3.8) is 0 Å². The van der Waals surface area contributed by atoms with Gasteiger partial charge in [-0.1, -0.05) is 26.8 Å². The van der Waals surface area contributed by atoms with Gasteiger partial charge in [-0.2, -0.15) is 0 Å². The first-order valence-electron chi connectivity index (χ1n) is 5.27. The molecular formula is C13H19FO. The van der Waals surface area contributed by atoms with Gasteiger partial charge in [0.25, 0.3) is 0 Å². The van der Waals surface area contributed by atoms with Crippen LogP contribution in [0.25, 0.3) is 0 Å². The highest BCUT2D eigenvalue weighted by molar-refractivity contribution is 5.39. The van der Waals surface area contributed by atoms with Crippen LogP contribution in [-0.2, 0) is 5.41 Å². The number of hydrogen-bond donors (Lipinski definition) is 0. The lowest BCUT2D eigenvalue weighted by atomic mass is 9.86. The van der Waals surface area contributed by atoms with E-state index >= 15 is 0 Å². The molecule has 0 aromatic heterocycles. The van der Waals surface area contributed by atoms with Crippen molar-refractivity contribution in [2.45, 2.75) is 46.1 Å². The van der Waals surface area contributed by atoms with E-state index in [1.54, 1.807) is 6.07 Å². The van der Waals surface area contributed by atoms with Crippen molar-refractivity contribution in [2.75, 3.05) is 0 Å². The maximum Gasteiger partial charge on any atom is 0.126 e. The normalized spacial score (nSPS) is 11.9. The van der Waals surface area contributed by atoms with Gasteiger partial charge in [0.2, 0.25) is 0 Å². The van der Waals surface area contributed by atoms with Crippen LogP contribution in [-0.4, -0.2) is 6.10 Å². The van der Waals surface area contributed by atoms with Gasteiger partial charge in [0.15, 0.2) is 0 Å². The van der Waals surface area contributed by atoms with Gasteiger partial charge in [-0.3, -0.25) is 0 Å². The van der Waals surface area contributed by atoms with Crippen LogP contribution < -0.4 is 4.74 Å². The molecule has 2 heteroatoms. The second kappa shape index (κ2) is 4.21. The quantitative estimate of drug-likeness (QED) is 0.719. The zero-order chi connectivity index (χ0) is 11.6. The SMILES string of the molecule is CC(C)Oc1cc(F)ccc1C(C)(C)C. The molecule has 0 heterocycles. The molecule has 1 aromatic rings. The first kappa shape index (κ1) is 12.0. The third kappa shape index (κ3) is 3.22. The highest BCUT2D eigenvalue weighted by atomic mass is 19.1. The highest BCUT2D eigenvalue weighted by Gasteiger charge is 2.19. The summed E-state index contributed by atoms with van der Waals surface area (Å²) in [5.74, 6) is 0.399. The average molecular weight is 210 g/mol. The fourth-order valence-electron chi connectivity index (χ4n) is 1.47. The van der Waals surface area contributed by atoms with E-state index in [2.05, 4.69) is 20.8 Å². The summed E-state index contributed by atoms with van der Waals surface area (Å²) in [6.45, 7) is 10.2. The van der Waals surface area contributed by atoms with Crippen molar-refractivity contribution in [1.82, 2.24) is 0 Å². The molecule has 1 rings (SSSR count). The van der Waals surface area contributed by atoms with Crippen molar-refractivity contribution in [2.24, 2.45) is 0 Å². The molecule has 1 nitrogen and oxygen atoms in total. The van der Waals surface area contributed by atoms with E-state index in [9.17, 15) is 4.39 Å². The second-order valence-electron chi connectivity index (χ2n) is 5.06. The molecule has 0 N–H and O–H groups in total. The topological polar surface area (TPSA) is 9.23 Å². The molecule has 0 saturated heterocycles. The average Bonchev–Trinajstić information content (AvgIpc) is 1.99. The summed E-state index contributed by atoms with van der Waals surface area (Å²) >= 11 is 0. The Labute approximate surface area is 91.3 Å². The van der Waals surface area contributed by atoms with E-state index in [4.69, 9.17) is 4.74 Å². The summed E-state index contributed by atoms with van der Waals surface area (Å²) in [4.78, 5) is 0. The van der Waals surface area contributed by atoms with Crippen LogP contribution in [0.2, 0.25) is 0 Å². The Hall–Kier alpha value is -1.05. The van der Waals surface area contributed by atoms with Crippen LogP contribution in [0.5, 0.6) is 5.75 Å². The van der Waals surface area contributed by atoms with Crippen molar-refractivity contribution < 1.29 is 9.13 Å². The van der Waals surface area contributed by atoms with E-state index in [1.807, 2.05) is 13.8 Å². The first-order chi connectivity index (χ1) is 6.80. The lowest BCUT2D eigenvalue weighted by Gasteiger charge is -2.23. The molecule has 0 bridgehead atoms. The number of benzene rings is 1. The smallest absolute Gasteiger partial charge is 0.126 e. The summed E-state index contributed by atoms with van der Waals surface area (Å²) < 4.78 is 18.7. The minimum Gasteiger partial charge on any atom is -0.491 e. The molecule has 0 aliphatic heterocycles. The molecule has 15 heavy (non-hydrogen) atoms. The van der Waals surface area contributed by atoms with Gasteiger partial charge in [0, 0.05) is 6.07 Å². The van der Waals surface area contributed by atoms with Crippen molar-refractivity contribution in [3.05, 3.63) is 29.6 Å². The Balaban J connectivity index is 3.15. The highest BCUT2D eigenvalue weighted by Crippen LogP contribution is 2.32. The Morgan fingerprint density at radius 1 is 1.20 bits per heavy atom. The molecule has 0 amide bonds. The van der Waals surface area contributed by atoms with E-state index in [1.165, 1.54) is 12.1 Å². The van der Waals surface area contributed by atoms with Crippen LogP contribution in [0, 0.1) is 5.82 Å². The molecule has 0 spiro atoms. The Morgan fingerprint density at radius 3 is 2.27 bits per heavy atom. The van der Waals surface area contributed by atoms with Crippen LogP contribution in [0.1, 0.15) is 40.2 Å². The zero-order valence-corrected chi connectivity index (χ0v) is 10.1. The molecular weight excluding hydrogens is 191 g/mol. The maximum absolute atomic E-state index is 13.1. The van der Waals surface area contributed by atoms with Gasteiger partial charge in [0.1, 0.15) is 11.6 Å². The number of ether oxygens (including phenoxy) is 1. The lowest BCUT2D eigenvalue weighted by Crippen LogP contribution is -2.16. The van der Waals surface area contributed by atoms with E-state index < -0.39 is 0 Å². The molecule has 0 aliphatic rings. The molecule has 0 saturated carbocycles. The third-order valence-electron chi connectivity index (χ3n) is 2.11. The summed E-state index contributed by atoms with van der Waals surface area (Å²) in [6.07, 6.45) is 0.0629. The lowest BCUT2D eigenvalue weighted by molar-refractivity contribution is 0.235. The summed E-state index contributed by atoms with van der Waals surface area (Å²) in [5.41, 5.74) is 1.01. The molecule has 84 valence electrons. The van der Waals surface area contributed by atoms with Crippen molar-refractivity contribution >= 4 is 0 Å². The number of hydrogen-bond acceptors (Lipinski definition) is 1. The molecule has 0 atom stereocenters. The molecule has 0 radical (unpaired) electrons. The molecule has 0 unspecified atom stereocenters. The van der Waals surface area contributed by atoms with Gasteiger partial charge < -0.3 is 4.74 Å². The minimum atomic E-state index is -0.251. The fourth-order valence-corrected chi connectivity index (χ4v) is 1.47. The molecule has 0 aliphatic carbocycles. The van der Waals surface area contributed by atoms with Gasteiger partial charge in [-0.25, -0.2) is 4.39 Å². The standard InChI is InChI=1S/C13H19FO/c1-9(2)15-12-8-10(14)6-7-11(12)13(3,4)5/h6-9H,1-5H3. The Morgan fingerprint density at radius 2 is 1.80 bits per heavy atom. The maximum atomic E-state index is 13.1. The van der Waals surface area contributed by atoms with E-state index in [0.29, 0.717) is 5.75 Å². The molecule has 0 fully saturated rings. The minimum absolute atomic E-state index is 0.0298. The summed E-state index contributed by atoms with van der Waals surface area (Å²) in [6, 6.07) is 4.74. The Kier molecular flexibility index (Phi) is 3.38. The molecule has 1 aromatic carbocycles. The Bertz CT molecular complexity index is 337. The summed E-state index contributed by atoms with van der Waals surface area (Å²) in [7, 11) is 0. The fraction of sp³-hybridized carbons (Fsp3) is 0.538. The predicted octanol–water partition coefficient (Wildman–Crippen LogP) is 3.91. The summed E-state index contributed by atoms with van der Waals surface area (Å²) in [5, 5.41) is 0. The van der Waals surface area contributed by atoms with Crippen LogP contribution >= 0.6 is 0 Å². The largest absolute Gasteiger partial charge is 0.491 e. The van der Waals surface area contributed by atoms with E-state index in [-0.39, 0.29) is 17.3 Å². The third-order valence-corrected chi connectivity index (χ3v) is 2.11. The van der Waals surface area contributed by atoms with Gasteiger partial charge >= 0.3 is 0 Å². The van der Waals surface area contributed by atoms with Crippen LogP contribution in [0.3, 0.4) is 0 Å². The van der Waals surface area contributed by atoms with Gasteiger partial charge in [-0.15, -0.1) is 0 Å². The second-order valence-corrected chi connectivity index (χ2v) is 5.06. The van der Waals surface area contributed by atoms with Gasteiger partial charge in [-0.05, 0) is 30.9 Å². The predicted molar refractivity (Wildman–Crippen MR) is 60.9 cm³/mol. The zero-order valence-electron chi connectivity index (χ0n) is 10.1. The van der Waals surface area contributed by atoms with Crippen LogP contribution in [0.4, 0.5) is 4.39 Å². The number of halogens is 1. The van der Waals surface area contributed by atoms with Crippen molar-refractivity contribution in [3.8, 4) is 5.75 Å². The number of rotatable bonds is 2. The monoisotopic (exact) mass is 210 g/mol.